The lowest BCUT2D eigenvalue weighted by Gasteiger charge is -2.28. The molecule has 186 valence electrons. The van der Waals surface area contributed by atoms with Crippen LogP contribution in [-0.2, 0) is 11.4 Å². The van der Waals surface area contributed by atoms with Crippen LogP contribution in [0.25, 0.3) is 10.8 Å². The summed E-state index contributed by atoms with van der Waals surface area (Å²) in [5.74, 6) is -2.28. The molecule has 35 heavy (non-hydrogen) atoms. The van der Waals surface area contributed by atoms with Gasteiger partial charge < -0.3 is 15.2 Å². The fraction of sp³-hybridized carbons (Fsp3) is 0.280. The lowest BCUT2D eigenvalue weighted by molar-refractivity contribution is -0.142. The van der Waals surface area contributed by atoms with Crippen molar-refractivity contribution in [1.29, 1.82) is 0 Å². The molecule has 0 aliphatic carbocycles. The van der Waals surface area contributed by atoms with Gasteiger partial charge in [-0.1, -0.05) is 39.0 Å². The first-order valence-electron chi connectivity index (χ1n) is 10.5. The highest BCUT2D eigenvalue weighted by molar-refractivity contribution is 8.00. The van der Waals surface area contributed by atoms with E-state index in [2.05, 4.69) is 5.32 Å². The number of hydrogen-bond acceptors (Lipinski definition) is 4. The van der Waals surface area contributed by atoms with Gasteiger partial charge in [-0.05, 0) is 64.5 Å². The van der Waals surface area contributed by atoms with Crippen molar-refractivity contribution < 1.29 is 37.0 Å². The van der Waals surface area contributed by atoms with E-state index in [4.69, 9.17) is 4.74 Å². The third-order valence-corrected chi connectivity index (χ3v) is 5.84. The van der Waals surface area contributed by atoms with Crippen LogP contribution in [0.5, 0.6) is 5.75 Å². The van der Waals surface area contributed by atoms with Crippen molar-refractivity contribution in [2.75, 3.05) is 0 Å². The molecule has 3 aromatic rings. The van der Waals surface area contributed by atoms with Gasteiger partial charge in [0.15, 0.2) is 0 Å². The second kappa shape index (κ2) is 10.2. The molecule has 0 heterocycles. The van der Waals surface area contributed by atoms with Crippen molar-refractivity contribution in [3.05, 3.63) is 71.5 Å². The van der Waals surface area contributed by atoms with Gasteiger partial charge in [-0.3, -0.25) is 4.79 Å². The summed E-state index contributed by atoms with van der Waals surface area (Å²) in [4.78, 5) is 24.8. The van der Waals surface area contributed by atoms with Gasteiger partial charge in [0.05, 0.1) is 5.56 Å². The van der Waals surface area contributed by atoms with Gasteiger partial charge in [-0.25, -0.2) is 9.18 Å². The molecule has 0 saturated carbocycles. The Balaban J connectivity index is 1.93. The maximum atomic E-state index is 13.8. The molecule has 10 heteroatoms. The number of ether oxygens (including phenoxy) is 1. The topological polar surface area (TPSA) is 75.6 Å². The van der Waals surface area contributed by atoms with E-state index in [1.165, 1.54) is 54.6 Å². The minimum absolute atomic E-state index is 0.0174. The van der Waals surface area contributed by atoms with Gasteiger partial charge in [-0.2, -0.15) is 13.2 Å². The van der Waals surface area contributed by atoms with Gasteiger partial charge in [-0.15, -0.1) is 0 Å². The number of benzene rings is 3. The van der Waals surface area contributed by atoms with Crippen molar-refractivity contribution in [3.63, 3.8) is 0 Å². The number of carbonyl (C=O) groups is 2. The third kappa shape index (κ3) is 6.88. The van der Waals surface area contributed by atoms with Crippen molar-refractivity contribution in [2.24, 2.45) is 5.41 Å². The minimum Gasteiger partial charge on any atom is -0.487 e. The summed E-state index contributed by atoms with van der Waals surface area (Å²) in [5.41, 5.74) is -4.60. The number of carboxylic acids is 1. The fourth-order valence-electron chi connectivity index (χ4n) is 3.41. The van der Waals surface area contributed by atoms with E-state index in [1.54, 1.807) is 20.8 Å². The zero-order valence-electron chi connectivity index (χ0n) is 19.1. The largest absolute Gasteiger partial charge is 0.487 e. The lowest BCUT2D eigenvalue weighted by Crippen LogP contribution is -2.49. The molecule has 0 bridgehead atoms. The van der Waals surface area contributed by atoms with Crippen LogP contribution in [0.15, 0.2) is 59.5 Å². The normalized spacial score (nSPS) is 12.9. The molecule has 0 fully saturated rings. The summed E-state index contributed by atoms with van der Waals surface area (Å²) in [6.45, 7) is 4.93. The quantitative estimate of drug-likeness (QED) is 0.285. The molecule has 1 atom stereocenters. The highest BCUT2D eigenvalue weighted by Crippen LogP contribution is 2.37. The summed E-state index contributed by atoms with van der Waals surface area (Å²) in [6.07, 6.45) is 0. The molecular formula is C25H23F4NO4S. The summed E-state index contributed by atoms with van der Waals surface area (Å²) >= 11 is -0.234. The number of thioether (sulfide) groups is 1. The first kappa shape index (κ1) is 26.3. The first-order valence-corrected chi connectivity index (χ1v) is 11.3. The molecule has 0 aliphatic heterocycles. The van der Waals surface area contributed by atoms with E-state index in [1.807, 2.05) is 0 Å². The zero-order chi connectivity index (χ0) is 26.0. The van der Waals surface area contributed by atoms with Crippen LogP contribution in [0.2, 0.25) is 0 Å². The van der Waals surface area contributed by atoms with Gasteiger partial charge in [0, 0.05) is 10.3 Å². The first-order chi connectivity index (χ1) is 16.2. The minimum atomic E-state index is -4.40. The molecule has 1 unspecified atom stereocenters. The van der Waals surface area contributed by atoms with E-state index in [-0.39, 0.29) is 34.6 Å². The SMILES string of the molecule is CC(C)(C)C(NC(=O)c1ccc2cc(F)ccc2c1OCc1ccc(SC(F)(F)F)cc1)C(=O)O. The average Bonchev–Trinajstić information content (AvgIpc) is 2.74. The number of alkyl halides is 3. The van der Waals surface area contributed by atoms with Crippen LogP contribution in [0, 0.1) is 11.2 Å². The van der Waals surface area contributed by atoms with Crippen molar-refractivity contribution in [1.82, 2.24) is 5.32 Å². The summed E-state index contributed by atoms with van der Waals surface area (Å²) in [7, 11) is 0. The van der Waals surface area contributed by atoms with E-state index in [9.17, 15) is 32.3 Å². The Hall–Kier alpha value is -3.27. The standard InChI is InChI=1S/C25H23F4NO4S/c1-24(2,3)21(23(32)33)30-22(31)19-10-6-15-12-16(26)7-11-18(15)20(19)34-13-14-4-8-17(9-5-14)35-25(27,28)29/h4-12,21H,13H2,1-3H3,(H,30,31)(H,32,33). The molecule has 0 radical (unpaired) electrons. The molecule has 3 rings (SSSR count). The number of hydrogen-bond donors (Lipinski definition) is 2. The summed E-state index contributed by atoms with van der Waals surface area (Å²) in [6, 6.07) is 11.2. The van der Waals surface area contributed by atoms with E-state index < -0.39 is 34.7 Å². The van der Waals surface area contributed by atoms with Crippen LogP contribution in [0.1, 0.15) is 36.7 Å². The van der Waals surface area contributed by atoms with Crippen LogP contribution in [0.4, 0.5) is 17.6 Å². The van der Waals surface area contributed by atoms with E-state index in [0.29, 0.717) is 16.3 Å². The molecule has 2 N–H and O–H groups in total. The third-order valence-electron chi connectivity index (χ3n) is 5.11. The Labute approximate surface area is 203 Å². The second-order valence-corrected chi connectivity index (χ2v) is 10.0. The Morgan fingerprint density at radius 3 is 2.26 bits per heavy atom. The number of fused-ring (bicyclic) bond motifs is 1. The molecule has 5 nitrogen and oxygen atoms in total. The smallest absolute Gasteiger partial charge is 0.446 e. The van der Waals surface area contributed by atoms with E-state index >= 15 is 0 Å². The van der Waals surface area contributed by atoms with Crippen molar-refractivity contribution in [3.8, 4) is 5.75 Å². The molecule has 0 spiro atoms. The monoisotopic (exact) mass is 509 g/mol. The van der Waals surface area contributed by atoms with Gasteiger partial charge in [0.2, 0.25) is 0 Å². The predicted molar refractivity (Wildman–Crippen MR) is 125 cm³/mol. The predicted octanol–water partition coefficient (Wildman–Crippen LogP) is 6.40. The molecular weight excluding hydrogens is 486 g/mol. The molecule has 3 aromatic carbocycles. The Kier molecular flexibility index (Phi) is 7.64. The zero-order valence-corrected chi connectivity index (χ0v) is 19.9. The summed E-state index contributed by atoms with van der Waals surface area (Å²) in [5, 5.41) is 13.0. The molecule has 0 aliphatic rings. The van der Waals surface area contributed by atoms with Crippen LogP contribution >= 0.6 is 11.8 Å². The maximum Gasteiger partial charge on any atom is 0.446 e. The number of amides is 1. The molecule has 0 saturated heterocycles. The number of carboxylic acid groups (broad SMARTS) is 1. The highest BCUT2D eigenvalue weighted by Gasteiger charge is 2.33. The second-order valence-electron chi connectivity index (χ2n) is 8.90. The average molecular weight is 510 g/mol. The van der Waals surface area contributed by atoms with Crippen molar-refractivity contribution in [2.45, 2.75) is 43.8 Å². The van der Waals surface area contributed by atoms with Gasteiger partial charge in [0.25, 0.3) is 5.91 Å². The number of rotatable bonds is 7. The Morgan fingerprint density at radius 1 is 1.03 bits per heavy atom. The lowest BCUT2D eigenvalue weighted by atomic mass is 9.86. The fourth-order valence-corrected chi connectivity index (χ4v) is 3.95. The van der Waals surface area contributed by atoms with Gasteiger partial charge in [0.1, 0.15) is 24.2 Å². The van der Waals surface area contributed by atoms with Crippen LogP contribution in [-0.4, -0.2) is 28.5 Å². The number of carbonyl (C=O) groups excluding carboxylic acids is 1. The number of halogens is 4. The number of nitrogens with one attached hydrogen (secondary N) is 1. The highest BCUT2D eigenvalue weighted by atomic mass is 32.2. The number of aliphatic carboxylic acids is 1. The molecule has 1 amide bonds. The Bertz CT molecular complexity index is 1240. The van der Waals surface area contributed by atoms with Crippen LogP contribution < -0.4 is 10.1 Å². The van der Waals surface area contributed by atoms with Crippen molar-refractivity contribution >= 4 is 34.4 Å². The Morgan fingerprint density at radius 2 is 1.69 bits per heavy atom. The van der Waals surface area contributed by atoms with E-state index in [0.717, 1.165) is 0 Å². The van der Waals surface area contributed by atoms with Gasteiger partial charge >= 0.3 is 11.5 Å². The molecule has 0 aromatic heterocycles. The van der Waals surface area contributed by atoms with Crippen LogP contribution in [0.3, 0.4) is 0 Å². The summed E-state index contributed by atoms with van der Waals surface area (Å²) < 4.78 is 57.3. The maximum absolute atomic E-state index is 13.8.